The minimum absolute atomic E-state index is 0.402. The predicted molar refractivity (Wildman–Crippen MR) is 71.8 cm³/mol. The van der Waals surface area contributed by atoms with Crippen LogP contribution in [0.2, 0.25) is 0 Å². The van der Waals surface area contributed by atoms with Crippen LogP contribution >= 0.6 is 0 Å². The minimum atomic E-state index is 0.402. The number of nitrogens with two attached hydrogens (primary N) is 1. The van der Waals surface area contributed by atoms with Gasteiger partial charge < -0.3 is 10.6 Å². The van der Waals surface area contributed by atoms with Gasteiger partial charge in [0, 0.05) is 12.6 Å². The zero-order valence-electron chi connectivity index (χ0n) is 11.3. The summed E-state index contributed by atoms with van der Waals surface area (Å²) in [5.41, 5.74) is 6.01. The molecule has 1 aliphatic heterocycles. The van der Waals surface area contributed by atoms with E-state index in [0.29, 0.717) is 6.04 Å². The Morgan fingerprint density at radius 1 is 1.12 bits per heavy atom. The lowest BCUT2D eigenvalue weighted by molar-refractivity contribution is 0.132. The molecule has 3 fully saturated rings. The van der Waals surface area contributed by atoms with E-state index in [1.54, 1.807) is 6.42 Å². The van der Waals surface area contributed by atoms with Gasteiger partial charge in [-0.1, -0.05) is 6.42 Å². The molecule has 3 rings (SSSR count). The fourth-order valence-electron chi connectivity index (χ4n) is 4.59. The lowest BCUT2D eigenvalue weighted by atomic mass is 9.86. The molecule has 0 amide bonds. The normalized spacial score (nSPS) is 40.9. The molecule has 17 heavy (non-hydrogen) atoms. The van der Waals surface area contributed by atoms with E-state index >= 15 is 0 Å². The third kappa shape index (κ3) is 2.53. The van der Waals surface area contributed by atoms with Crippen molar-refractivity contribution in [1.29, 1.82) is 0 Å². The predicted octanol–water partition coefficient (Wildman–Crippen LogP) is 2.48. The summed E-state index contributed by atoms with van der Waals surface area (Å²) >= 11 is 0. The van der Waals surface area contributed by atoms with E-state index < -0.39 is 0 Å². The summed E-state index contributed by atoms with van der Waals surface area (Å²) in [6.07, 6.45) is 8.83. The molecular weight excluding hydrogens is 208 g/mol. The average molecular weight is 236 g/mol. The minimum Gasteiger partial charge on any atom is -0.328 e. The molecule has 2 bridgehead atoms. The molecule has 0 aromatic rings. The first-order chi connectivity index (χ1) is 8.22. The van der Waals surface area contributed by atoms with Gasteiger partial charge in [-0.05, 0) is 75.8 Å². The number of hydrogen-bond acceptors (Lipinski definition) is 2. The van der Waals surface area contributed by atoms with E-state index in [1.807, 2.05) is 0 Å². The Bertz CT molecular complexity index is 256. The molecule has 1 saturated heterocycles. The van der Waals surface area contributed by atoms with Gasteiger partial charge in [0.05, 0.1) is 0 Å². The molecule has 2 nitrogen and oxygen atoms in total. The third-order valence-electron chi connectivity index (χ3n) is 5.75. The molecule has 0 radical (unpaired) electrons. The van der Waals surface area contributed by atoms with Crippen molar-refractivity contribution in [3.63, 3.8) is 0 Å². The maximum absolute atomic E-state index is 6.01. The molecule has 3 aliphatic rings. The fourth-order valence-corrected chi connectivity index (χ4v) is 4.59. The fraction of sp³-hybridized carbons (Fsp3) is 1.00. The number of likely N-dealkylation sites (tertiary alicyclic amines) is 1. The van der Waals surface area contributed by atoms with Gasteiger partial charge >= 0.3 is 0 Å². The van der Waals surface area contributed by atoms with Crippen LogP contribution in [0.3, 0.4) is 0 Å². The van der Waals surface area contributed by atoms with Crippen molar-refractivity contribution in [2.45, 2.75) is 51.5 Å². The van der Waals surface area contributed by atoms with Crippen molar-refractivity contribution in [3.8, 4) is 0 Å². The molecule has 4 atom stereocenters. The number of piperidine rings is 1. The van der Waals surface area contributed by atoms with Gasteiger partial charge in [0.25, 0.3) is 0 Å². The van der Waals surface area contributed by atoms with Crippen LogP contribution in [0.25, 0.3) is 0 Å². The van der Waals surface area contributed by atoms with Crippen molar-refractivity contribution in [2.75, 3.05) is 19.6 Å². The smallest absolute Gasteiger partial charge is 0.00397 e. The summed E-state index contributed by atoms with van der Waals surface area (Å²) in [6.45, 7) is 6.18. The zero-order valence-corrected chi connectivity index (χ0v) is 11.3. The highest BCUT2D eigenvalue weighted by Gasteiger charge is 2.40. The molecule has 2 saturated carbocycles. The number of hydrogen-bond donors (Lipinski definition) is 1. The van der Waals surface area contributed by atoms with Crippen molar-refractivity contribution in [1.82, 2.24) is 4.90 Å². The molecule has 4 unspecified atom stereocenters. The average Bonchev–Trinajstić information content (AvgIpc) is 2.91. The van der Waals surface area contributed by atoms with Gasteiger partial charge in [0.1, 0.15) is 0 Å². The monoisotopic (exact) mass is 236 g/mol. The van der Waals surface area contributed by atoms with Gasteiger partial charge in [0.2, 0.25) is 0 Å². The van der Waals surface area contributed by atoms with Crippen molar-refractivity contribution in [3.05, 3.63) is 0 Å². The SMILES string of the molecule is CC(N)C1CCN(CC2CC3CCC2C3)CC1. The molecule has 2 heteroatoms. The Labute approximate surface area is 106 Å². The van der Waals surface area contributed by atoms with E-state index in [1.165, 1.54) is 51.7 Å². The highest BCUT2D eigenvalue weighted by molar-refractivity contribution is 4.92. The topological polar surface area (TPSA) is 29.3 Å². The number of fused-ring (bicyclic) bond motifs is 2. The summed E-state index contributed by atoms with van der Waals surface area (Å²) in [7, 11) is 0. The summed E-state index contributed by atoms with van der Waals surface area (Å²) in [5.74, 6) is 4.02. The molecule has 2 N–H and O–H groups in total. The van der Waals surface area contributed by atoms with Crippen LogP contribution in [0.1, 0.15) is 45.4 Å². The van der Waals surface area contributed by atoms with Gasteiger partial charge in [-0.15, -0.1) is 0 Å². The Hall–Kier alpha value is -0.0800. The molecule has 1 heterocycles. The van der Waals surface area contributed by atoms with E-state index in [4.69, 9.17) is 5.73 Å². The first-order valence-corrected chi connectivity index (χ1v) is 7.70. The lowest BCUT2D eigenvalue weighted by Crippen LogP contribution is -2.42. The van der Waals surface area contributed by atoms with Crippen molar-refractivity contribution >= 4 is 0 Å². The van der Waals surface area contributed by atoms with Gasteiger partial charge in [-0.25, -0.2) is 0 Å². The summed E-state index contributed by atoms with van der Waals surface area (Å²) in [6, 6.07) is 0.402. The molecular formula is C15H28N2. The maximum Gasteiger partial charge on any atom is 0.00397 e. The largest absolute Gasteiger partial charge is 0.328 e. The Morgan fingerprint density at radius 3 is 2.41 bits per heavy atom. The molecule has 0 aromatic carbocycles. The highest BCUT2D eigenvalue weighted by Crippen LogP contribution is 2.48. The van der Waals surface area contributed by atoms with Crippen LogP contribution in [0, 0.1) is 23.7 Å². The second kappa shape index (κ2) is 4.89. The Morgan fingerprint density at radius 2 is 1.88 bits per heavy atom. The summed E-state index contributed by atoms with van der Waals surface area (Å²) < 4.78 is 0. The van der Waals surface area contributed by atoms with Crippen molar-refractivity contribution < 1.29 is 0 Å². The van der Waals surface area contributed by atoms with Crippen LogP contribution in [0.4, 0.5) is 0 Å². The van der Waals surface area contributed by atoms with Crippen LogP contribution in [0.5, 0.6) is 0 Å². The van der Waals surface area contributed by atoms with Crippen LogP contribution < -0.4 is 5.73 Å². The van der Waals surface area contributed by atoms with Crippen molar-refractivity contribution in [2.24, 2.45) is 29.4 Å². The van der Waals surface area contributed by atoms with Crippen LogP contribution in [-0.4, -0.2) is 30.6 Å². The molecule has 2 aliphatic carbocycles. The summed E-state index contributed by atoms with van der Waals surface area (Å²) in [5, 5.41) is 0. The van der Waals surface area contributed by atoms with Crippen LogP contribution in [-0.2, 0) is 0 Å². The molecule has 0 spiro atoms. The molecule has 0 aromatic heterocycles. The second-order valence-electron chi connectivity index (χ2n) is 6.93. The number of rotatable bonds is 3. The first-order valence-electron chi connectivity index (χ1n) is 7.70. The van der Waals surface area contributed by atoms with E-state index in [-0.39, 0.29) is 0 Å². The third-order valence-corrected chi connectivity index (χ3v) is 5.75. The summed E-state index contributed by atoms with van der Waals surface area (Å²) in [4.78, 5) is 2.73. The molecule has 98 valence electrons. The lowest BCUT2D eigenvalue weighted by Gasteiger charge is -2.36. The first kappa shape index (κ1) is 12.0. The van der Waals surface area contributed by atoms with Gasteiger partial charge in [-0.2, -0.15) is 0 Å². The van der Waals surface area contributed by atoms with Gasteiger partial charge in [0.15, 0.2) is 0 Å². The van der Waals surface area contributed by atoms with Crippen LogP contribution in [0.15, 0.2) is 0 Å². The quantitative estimate of drug-likeness (QED) is 0.815. The number of nitrogens with zero attached hydrogens (tertiary/aromatic N) is 1. The highest BCUT2D eigenvalue weighted by atomic mass is 15.1. The Balaban J connectivity index is 1.45. The maximum atomic E-state index is 6.01. The zero-order chi connectivity index (χ0) is 11.8. The van der Waals surface area contributed by atoms with E-state index in [2.05, 4.69) is 11.8 Å². The standard InChI is InChI=1S/C15H28N2/c1-11(16)13-4-6-17(7-5-13)10-15-9-12-2-3-14(15)8-12/h11-15H,2-10,16H2,1H3. The van der Waals surface area contributed by atoms with E-state index in [9.17, 15) is 0 Å². The van der Waals surface area contributed by atoms with Gasteiger partial charge in [-0.3, -0.25) is 0 Å². The Kier molecular flexibility index (Phi) is 3.45. The van der Waals surface area contributed by atoms with E-state index in [0.717, 1.165) is 23.7 Å². The second-order valence-corrected chi connectivity index (χ2v) is 6.93.